The van der Waals surface area contributed by atoms with Crippen LogP contribution in [0.2, 0.25) is 5.02 Å². The number of piperidine rings is 1. The molecule has 180 valence electrons. The van der Waals surface area contributed by atoms with Crippen molar-refractivity contribution in [3.63, 3.8) is 0 Å². The van der Waals surface area contributed by atoms with Crippen molar-refractivity contribution in [1.82, 2.24) is 34.8 Å². The molecule has 1 aromatic carbocycles. The van der Waals surface area contributed by atoms with Crippen LogP contribution in [0.5, 0.6) is 0 Å². The Kier molecular flexibility index (Phi) is 5.91. The molecule has 0 radical (unpaired) electrons. The van der Waals surface area contributed by atoms with E-state index in [1.54, 1.807) is 24.7 Å². The summed E-state index contributed by atoms with van der Waals surface area (Å²) in [6.45, 7) is 2.10. The maximum atomic E-state index is 14.7. The fourth-order valence-electron chi connectivity index (χ4n) is 4.70. The molecule has 0 N–H and O–H groups in total. The zero-order chi connectivity index (χ0) is 24.6. The maximum Gasteiger partial charge on any atom is 0.160 e. The van der Waals surface area contributed by atoms with Crippen LogP contribution in [0.25, 0.3) is 44.7 Å². The van der Waals surface area contributed by atoms with Crippen molar-refractivity contribution < 1.29 is 4.39 Å². The van der Waals surface area contributed by atoms with Crippen molar-refractivity contribution in [2.45, 2.75) is 18.9 Å². The zero-order valence-electron chi connectivity index (χ0n) is 19.6. The van der Waals surface area contributed by atoms with Crippen LogP contribution >= 0.6 is 11.6 Å². The highest BCUT2D eigenvalue weighted by Gasteiger charge is 2.20. The summed E-state index contributed by atoms with van der Waals surface area (Å²) < 4.78 is 16.7. The summed E-state index contributed by atoms with van der Waals surface area (Å²) in [5.74, 6) is -0.398. The first-order valence-corrected chi connectivity index (χ1v) is 12.2. The first-order valence-electron chi connectivity index (χ1n) is 11.8. The van der Waals surface area contributed by atoms with Crippen LogP contribution in [0.4, 0.5) is 4.39 Å². The van der Waals surface area contributed by atoms with E-state index in [2.05, 4.69) is 37.2 Å². The highest BCUT2D eigenvalue weighted by atomic mass is 35.5. The molecule has 5 heterocycles. The lowest BCUT2D eigenvalue weighted by atomic mass is 9.99. The second kappa shape index (κ2) is 9.37. The third-order valence-electron chi connectivity index (χ3n) is 6.71. The number of rotatable bonds is 4. The summed E-state index contributed by atoms with van der Waals surface area (Å²) in [6.07, 6.45) is 9.34. The van der Waals surface area contributed by atoms with Crippen LogP contribution in [0.3, 0.4) is 0 Å². The third-order valence-corrected chi connectivity index (χ3v) is 6.94. The first-order chi connectivity index (χ1) is 17.5. The van der Waals surface area contributed by atoms with Crippen LogP contribution in [0.1, 0.15) is 18.9 Å². The molecule has 1 aliphatic heterocycles. The predicted molar refractivity (Wildman–Crippen MR) is 138 cm³/mol. The van der Waals surface area contributed by atoms with Gasteiger partial charge in [0.2, 0.25) is 0 Å². The van der Waals surface area contributed by atoms with E-state index in [1.165, 1.54) is 12.1 Å². The van der Waals surface area contributed by atoms with E-state index in [-0.39, 0.29) is 0 Å². The molecular formula is C27H23ClFN7. The van der Waals surface area contributed by atoms with Crippen molar-refractivity contribution in [2.24, 2.45) is 0 Å². The molecule has 0 aliphatic carbocycles. The quantitative estimate of drug-likeness (QED) is 0.317. The first kappa shape index (κ1) is 22.7. The lowest BCUT2D eigenvalue weighted by Gasteiger charge is -2.28. The molecular weight excluding hydrogens is 477 g/mol. The highest BCUT2D eigenvalue weighted by Crippen LogP contribution is 2.34. The lowest BCUT2D eigenvalue weighted by molar-refractivity contribution is 0.210. The van der Waals surface area contributed by atoms with Gasteiger partial charge in [-0.3, -0.25) is 4.98 Å². The van der Waals surface area contributed by atoms with Crippen LogP contribution in [0.15, 0.2) is 67.3 Å². The minimum Gasteiger partial charge on any atom is -0.306 e. The van der Waals surface area contributed by atoms with Gasteiger partial charge in [-0.05, 0) is 81.0 Å². The van der Waals surface area contributed by atoms with Crippen LogP contribution in [0, 0.1) is 5.82 Å². The summed E-state index contributed by atoms with van der Waals surface area (Å²) in [7, 11) is 2.14. The Hall–Kier alpha value is -3.75. The summed E-state index contributed by atoms with van der Waals surface area (Å²) in [6, 6.07) is 12.5. The number of halogens is 2. The van der Waals surface area contributed by atoms with E-state index in [4.69, 9.17) is 11.6 Å². The van der Waals surface area contributed by atoms with Crippen molar-refractivity contribution >= 4 is 22.6 Å². The average molecular weight is 500 g/mol. The second-order valence-electron chi connectivity index (χ2n) is 9.13. The molecule has 1 saturated heterocycles. The molecule has 4 aromatic heterocycles. The number of hydrogen-bond donors (Lipinski definition) is 0. The molecule has 7 nitrogen and oxygen atoms in total. The van der Waals surface area contributed by atoms with Gasteiger partial charge in [0.15, 0.2) is 5.65 Å². The van der Waals surface area contributed by atoms with Crippen molar-refractivity contribution in [3.8, 4) is 33.6 Å². The van der Waals surface area contributed by atoms with E-state index >= 15 is 0 Å². The fourth-order valence-corrected chi connectivity index (χ4v) is 4.87. The van der Waals surface area contributed by atoms with E-state index in [0.29, 0.717) is 28.0 Å². The molecule has 1 fully saturated rings. The van der Waals surface area contributed by atoms with Gasteiger partial charge in [-0.1, -0.05) is 16.8 Å². The van der Waals surface area contributed by atoms with Gasteiger partial charge in [0.25, 0.3) is 0 Å². The second-order valence-corrected chi connectivity index (χ2v) is 9.57. The number of pyridine rings is 3. The monoisotopic (exact) mass is 499 g/mol. The van der Waals surface area contributed by atoms with E-state index < -0.39 is 5.82 Å². The van der Waals surface area contributed by atoms with Crippen LogP contribution in [-0.4, -0.2) is 55.0 Å². The number of aromatic nitrogens is 6. The van der Waals surface area contributed by atoms with Gasteiger partial charge >= 0.3 is 0 Å². The fraction of sp³-hybridized carbons (Fsp3) is 0.222. The topological polar surface area (TPSA) is 72.6 Å². The van der Waals surface area contributed by atoms with Crippen molar-refractivity contribution in [1.29, 1.82) is 0 Å². The molecule has 5 aromatic rings. The molecule has 0 atom stereocenters. The van der Waals surface area contributed by atoms with Gasteiger partial charge in [0, 0.05) is 45.7 Å². The minimum absolute atomic E-state index is 0.321. The molecule has 0 unspecified atom stereocenters. The largest absolute Gasteiger partial charge is 0.306 e. The van der Waals surface area contributed by atoms with Gasteiger partial charge < -0.3 is 4.90 Å². The Balaban J connectivity index is 1.42. The molecule has 0 amide bonds. The smallest absolute Gasteiger partial charge is 0.160 e. The third kappa shape index (κ3) is 4.34. The van der Waals surface area contributed by atoms with Gasteiger partial charge in [-0.25, -0.2) is 19.0 Å². The Labute approximate surface area is 212 Å². The molecule has 36 heavy (non-hydrogen) atoms. The maximum absolute atomic E-state index is 14.7. The molecule has 6 rings (SSSR count). The van der Waals surface area contributed by atoms with E-state index in [0.717, 1.165) is 53.7 Å². The molecule has 1 aliphatic rings. The van der Waals surface area contributed by atoms with Crippen molar-refractivity contribution in [2.75, 3.05) is 20.1 Å². The summed E-state index contributed by atoms with van der Waals surface area (Å²) in [5.41, 5.74) is 4.61. The van der Waals surface area contributed by atoms with Gasteiger partial charge in [0.05, 0.1) is 17.9 Å². The average Bonchev–Trinajstić information content (AvgIpc) is 3.40. The SMILES string of the molecule is CN1CCC(n2cc(-c3cncc(-c4cc(-c5cc(Cl)ccc5F)nc5ncccc45)c3)nn2)CC1. The Morgan fingerprint density at radius 1 is 0.972 bits per heavy atom. The molecule has 0 spiro atoms. The van der Waals surface area contributed by atoms with E-state index in [1.807, 2.05) is 35.1 Å². The normalized spacial score (nSPS) is 15.0. The van der Waals surface area contributed by atoms with Crippen LogP contribution in [-0.2, 0) is 0 Å². The highest BCUT2D eigenvalue weighted by molar-refractivity contribution is 6.30. The number of nitrogens with zero attached hydrogens (tertiary/aromatic N) is 7. The number of hydrogen-bond acceptors (Lipinski definition) is 6. The Morgan fingerprint density at radius 3 is 2.67 bits per heavy atom. The zero-order valence-corrected chi connectivity index (χ0v) is 20.4. The molecule has 9 heteroatoms. The summed E-state index contributed by atoms with van der Waals surface area (Å²) >= 11 is 6.16. The lowest BCUT2D eigenvalue weighted by Crippen LogP contribution is -2.31. The summed E-state index contributed by atoms with van der Waals surface area (Å²) in [5, 5.41) is 10.1. The Bertz CT molecular complexity index is 1560. The van der Waals surface area contributed by atoms with Crippen molar-refractivity contribution in [3.05, 3.63) is 78.1 Å². The Morgan fingerprint density at radius 2 is 1.81 bits per heavy atom. The van der Waals surface area contributed by atoms with Gasteiger partial charge in [0.1, 0.15) is 11.5 Å². The van der Waals surface area contributed by atoms with Crippen LogP contribution < -0.4 is 0 Å². The molecule has 0 saturated carbocycles. The standard InChI is InChI=1S/C27H23ClFN7/c1-35-9-6-20(7-10-35)36-16-26(33-34-36)18-11-17(14-30-15-18)22-13-25(23-12-19(28)4-5-24(23)29)32-27-21(22)3-2-8-31-27/h2-5,8,11-16,20H,6-7,9-10H2,1H3. The number of fused-ring (bicyclic) bond motifs is 1. The number of benzene rings is 1. The van der Waals surface area contributed by atoms with Gasteiger partial charge in [-0.15, -0.1) is 5.10 Å². The molecule has 0 bridgehead atoms. The van der Waals surface area contributed by atoms with E-state index in [9.17, 15) is 4.39 Å². The number of likely N-dealkylation sites (tertiary alicyclic amines) is 1. The van der Waals surface area contributed by atoms with Gasteiger partial charge in [-0.2, -0.15) is 0 Å². The predicted octanol–water partition coefficient (Wildman–Crippen LogP) is 5.68. The summed E-state index contributed by atoms with van der Waals surface area (Å²) in [4.78, 5) is 15.9. The minimum atomic E-state index is -0.398.